The zero-order chi connectivity index (χ0) is 17.8. The van der Waals surface area contributed by atoms with E-state index in [9.17, 15) is 21.6 Å². The predicted molar refractivity (Wildman–Crippen MR) is 79.4 cm³/mol. The molecule has 0 N–H and O–H groups in total. The van der Waals surface area contributed by atoms with Gasteiger partial charge in [-0.05, 0) is 37.6 Å². The molecule has 1 fully saturated rings. The molecule has 5 nitrogen and oxygen atoms in total. The fraction of sp³-hybridized carbons (Fsp3) is 0.600. The zero-order valence-corrected chi connectivity index (χ0v) is 14.1. The van der Waals surface area contributed by atoms with E-state index < -0.39 is 34.4 Å². The number of rotatable bonds is 2. The largest absolute Gasteiger partial charge is 0.493 e. The molecule has 0 aromatic heterocycles. The Bertz CT molecular complexity index is 746. The summed E-state index contributed by atoms with van der Waals surface area (Å²) in [6.45, 7) is 2.48. The number of fused-ring (bicyclic) bond motifs is 1. The molecule has 1 saturated heterocycles. The molecule has 2 heterocycles. The highest BCUT2D eigenvalue weighted by Gasteiger charge is 2.50. The van der Waals surface area contributed by atoms with E-state index in [1.807, 2.05) is 0 Å². The third-order valence-electron chi connectivity index (χ3n) is 4.05. The van der Waals surface area contributed by atoms with Crippen molar-refractivity contribution < 1.29 is 31.1 Å². The molecule has 0 spiro atoms. The van der Waals surface area contributed by atoms with Gasteiger partial charge in [0.25, 0.3) is 0 Å². The molecule has 9 heteroatoms. The number of alkyl halides is 3. The molecule has 1 aromatic rings. The molecule has 2 aliphatic heterocycles. The minimum Gasteiger partial charge on any atom is -0.493 e. The third-order valence-corrected chi connectivity index (χ3v) is 5.86. The summed E-state index contributed by atoms with van der Waals surface area (Å²) < 4.78 is 76.0. The fourth-order valence-corrected chi connectivity index (χ4v) is 4.60. The Morgan fingerprint density at radius 2 is 2.00 bits per heavy atom. The molecule has 3 rings (SSSR count). The van der Waals surface area contributed by atoms with E-state index in [0.29, 0.717) is 18.8 Å². The van der Waals surface area contributed by atoms with E-state index in [1.54, 1.807) is 6.07 Å². The number of nitrogens with zero attached hydrogens (tertiary/aromatic N) is 1. The lowest BCUT2D eigenvalue weighted by molar-refractivity contribution is -0.265. The van der Waals surface area contributed by atoms with E-state index >= 15 is 0 Å². The van der Waals surface area contributed by atoms with Crippen LogP contribution in [0.4, 0.5) is 13.2 Å². The van der Waals surface area contributed by atoms with Crippen LogP contribution in [-0.4, -0.2) is 50.3 Å². The molecule has 0 saturated carbocycles. The van der Waals surface area contributed by atoms with Gasteiger partial charge in [0, 0.05) is 19.5 Å². The Labute approximate surface area is 138 Å². The standard InChI is InChI=1S/C15H18F3NO4S/c1-14(2)9-19(8-13(23-14)15(16,17)18)24(20,21)11-3-4-12-10(7-11)5-6-22-12/h3-4,7,13H,5-6,8-9H2,1-2H3. The van der Waals surface area contributed by atoms with Gasteiger partial charge in [-0.25, -0.2) is 8.42 Å². The molecule has 0 bridgehead atoms. The molecule has 24 heavy (non-hydrogen) atoms. The van der Waals surface area contributed by atoms with Crippen molar-refractivity contribution in [3.8, 4) is 5.75 Å². The van der Waals surface area contributed by atoms with Crippen LogP contribution in [0.3, 0.4) is 0 Å². The summed E-state index contributed by atoms with van der Waals surface area (Å²) in [4.78, 5) is -0.0228. The summed E-state index contributed by atoms with van der Waals surface area (Å²) in [5, 5.41) is 0. The lowest BCUT2D eigenvalue weighted by Crippen LogP contribution is -2.58. The van der Waals surface area contributed by atoms with Crippen molar-refractivity contribution in [2.75, 3.05) is 19.7 Å². The maximum Gasteiger partial charge on any atom is 0.415 e. The Kier molecular flexibility index (Phi) is 4.09. The van der Waals surface area contributed by atoms with Gasteiger partial charge < -0.3 is 9.47 Å². The molecule has 0 radical (unpaired) electrons. The van der Waals surface area contributed by atoms with E-state index in [-0.39, 0.29) is 11.4 Å². The number of ether oxygens (including phenoxy) is 2. The monoisotopic (exact) mass is 365 g/mol. The van der Waals surface area contributed by atoms with Crippen LogP contribution in [0.1, 0.15) is 19.4 Å². The summed E-state index contributed by atoms with van der Waals surface area (Å²) in [7, 11) is -4.05. The van der Waals surface area contributed by atoms with Gasteiger partial charge in [-0.2, -0.15) is 17.5 Å². The summed E-state index contributed by atoms with van der Waals surface area (Å²) in [6, 6.07) is 4.38. The van der Waals surface area contributed by atoms with Gasteiger partial charge in [-0.1, -0.05) is 0 Å². The van der Waals surface area contributed by atoms with Crippen LogP contribution in [0.25, 0.3) is 0 Å². The predicted octanol–water partition coefficient (Wildman–Crippen LogP) is 2.35. The Morgan fingerprint density at radius 1 is 1.29 bits per heavy atom. The highest BCUT2D eigenvalue weighted by Crippen LogP contribution is 2.35. The first-order chi connectivity index (χ1) is 11.0. The van der Waals surface area contributed by atoms with E-state index in [0.717, 1.165) is 9.87 Å². The Hall–Kier alpha value is -1.32. The van der Waals surface area contributed by atoms with Gasteiger partial charge in [-0.15, -0.1) is 0 Å². The number of hydrogen-bond donors (Lipinski definition) is 0. The number of halogens is 3. The summed E-state index contributed by atoms with van der Waals surface area (Å²) in [5.41, 5.74) is -0.485. The van der Waals surface area contributed by atoms with Gasteiger partial charge in [0.1, 0.15) is 5.75 Å². The zero-order valence-electron chi connectivity index (χ0n) is 13.3. The molecule has 2 aliphatic rings. The lowest BCUT2D eigenvalue weighted by atomic mass is 10.1. The van der Waals surface area contributed by atoms with Crippen molar-refractivity contribution in [2.45, 2.75) is 43.0 Å². The average molecular weight is 365 g/mol. The van der Waals surface area contributed by atoms with Crippen molar-refractivity contribution in [1.29, 1.82) is 0 Å². The first-order valence-electron chi connectivity index (χ1n) is 7.49. The minimum atomic E-state index is -4.63. The van der Waals surface area contributed by atoms with Crippen LogP contribution in [0.15, 0.2) is 23.1 Å². The molecular weight excluding hydrogens is 347 g/mol. The van der Waals surface area contributed by atoms with Crippen molar-refractivity contribution in [3.63, 3.8) is 0 Å². The topological polar surface area (TPSA) is 55.8 Å². The number of morpholine rings is 1. The van der Waals surface area contributed by atoms with Crippen LogP contribution < -0.4 is 4.74 Å². The highest BCUT2D eigenvalue weighted by atomic mass is 32.2. The van der Waals surface area contributed by atoms with E-state index in [1.165, 1.54) is 26.0 Å². The van der Waals surface area contributed by atoms with Crippen molar-refractivity contribution in [1.82, 2.24) is 4.31 Å². The summed E-state index contributed by atoms with van der Waals surface area (Å²) in [6.07, 6.45) is -6.19. The second-order valence-corrected chi connectivity index (χ2v) is 8.51. The van der Waals surface area contributed by atoms with Crippen LogP contribution >= 0.6 is 0 Å². The van der Waals surface area contributed by atoms with Gasteiger partial charge >= 0.3 is 6.18 Å². The average Bonchev–Trinajstić information content (AvgIpc) is 2.91. The van der Waals surface area contributed by atoms with Gasteiger partial charge in [0.05, 0.1) is 17.1 Å². The third kappa shape index (κ3) is 3.25. The molecule has 0 aliphatic carbocycles. The molecule has 1 unspecified atom stereocenters. The maximum absolute atomic E-state index is 13.1. The van der Waals surface area contributed by atoms with Crippen LogP contribution in [0.2, 0.25) is 0 Å². The van der Waals surface area contributed by atoms with Crippen molar-refractivity contribution in [2.24, 2.45) is 0 Å². The second kappa shape index (κ2) is 5.60. The molecule has 134 valence electrons. The van der Waals surface area contributed by atoms with Crippen molar-refractivity contribution in [3.05, 3.63) is 23.8 Å². The smallest absolute Gasteiger partial charge is 0.415 e. The molecular formula is C15H18F3NO4S. The minimum absolute atomic E-state index is 0.0228. The van der Waals surface area contributed by atoms with Crippen molar-refractivity contribution >= 4 is 10.0 Å². The van der Waals surface area contributed by atoms with Gasteiger partial charge in [-0.3, -0.25) is 0 Å². The maximum atomic E-state index is 13.1. The number of hydrogen-bond acceptors (Lipinski definition) is 4. The normalized spacial score (nSPS) is 24.5. The Balaban J connectivity index is 1.93. The quantitative estimate of drug-likeness (QED) is 0.807. The summed E-state index contributed by atoms with van der Waals surface area (Å²) in [5.74, 6) is 0.615. The first kappa shape index (κ1) is 17.5. The van der Waals surface area contributed by atoms with E-state index in [2.05, 4.69) is 0 Å². The van der Waals surface area contributed by atoms with Crippen LogP contribution in [-0.2, 0) is 21.2 Å². The van der Waals surface area contributed by atoms with Crippen LogP contribution in [0, 0.1) is 0 Å². The molecule has 1 aromatic carbocycles. The lowest BCUT2D eigenvalue weighted by Gasteiger charge is -2.42. The fourth-order valence-electron chi connectivity index (χ4n) is 2.96. The molecule has 0 amide bonds. The highest BCUT2D eigenvalue weighted by molar-refractivity contribution is 7.89. The first-order valence-corrected chi connectivity index (χ1v) is 8.93. The SMILES string of the molecule is CC1(C)CN(S(=O)(=O)c2ccc3c(c2)CCO3)CC(C(F)(F)F)O1. The van der Waals surface area contributed by atoms with E-state index in [4.69, 9.17) is 9.47 Å². The number of sulfonamides is 1. The number of benzene rings is 1. The van der Waals surface area contributed by atoms with Gasteiger partial charge in [0.15, 0.2) is 6.10 Å². The van der Waals surface area contributed by atoms with Gasteiger partial charge in [0.2, 0.25) is 10.0 Å². The molecule has 1 atom stereocenters. The summed E-state index contributed by atoms with van der Waals surface area (Å²) >= 11 is 0. The van der Waals surface area contributed by atoms with Crippen LogP contribution in [0.5, 0.6) is 5.75 Å². The second-order valence-electron chi connectivity index (χ2n) is 6.57. The Morgan fingerprint density at radius 3 is 2.67 bits per heavy atom.